The van der Waals surface area contributed by atoms with Gasteiger partial charge in [-0.1, -0.05) is 83.5 Å². The molecule has 158 valence electrons. The van der Waals surface area contributed by atoms with Gasteiger partial charge < -0.3 is 9.84 Å². The first-order valence-corrected chi connectivity index (χ1v) is 11.2. The number of esters is 1. The lowest BCUT2D eigenvalue weighted by atomic mass is 10.0. The first-order chi connectivity index (χ1) is 13.7. The van der Waals surface area contributed by atoms with Crippen LogP contribution in [0.4, 0.5) is 0 Å². The normalized spacial score (nSPS) is 10.6. The average Bonchev–Trinajstić information content (AvgIpc) is 2.67. The number of unbranched alkanes of at least 4 members (excludes halogenated alkanes) is 13. The Balaban J connectivity index is 3.84. The standard InChI is InChI=1S/C25H40O3/c1-3-4-5-6-7-8-9-10-11-12-13-15-18-21-25(28-24(2)27)22-19-16-14-17-20-23-26/h21,26H,3-13,15,17-18,20,23H2,1-2H3/b25-21-. The van der Waals surface area contributed by atoms with E-state index >= 15 is 0 Å². The van der Waals surface area contributed by atoms with Crippen LogP contribution in [-0.2, 0) is 9.53 Å². The zero-order valence-electron chi connectivity index (χ0n) is 18.2. The van der Waals surface area contributed by atoms with Crippen molar-refractivity contribution >= 4 is 5.97 Å². The van der Waals surface area contributed by atoms with E-state index in [9.17, 15) is 4.79 Å². The number of allylic oxidation sites excluding steroid dienone is 2. The molecule has 0 fully saturated rings. The van der Waals surface area contributed by atoms with Crippen molar-refractivity contribution in [3.8, 4) is 23.7 Å². The molecule has 0 aromatic carbocycles. The van der Waals surface area contributed by atoms with E-state index in [-0.39, 0.29) is 12.6 Å². The molecule has 0 heterocycles. The van der Waals surface area contributed by atoms with Crippen molar-refractivity contribution in [2.45, 2.75) is 110 Å². The van der Waals surface area contributed by atoms with Gasteiger partial charge in [-0.2, -0.15) is 0 Å². The third-order valence-electron chi connectivity index (χ3n) is 4.44. The minimum atomic E-state index is -0.358. The smallest absolute Gasteiger partial charge is 0.308 e. The maximum atomic E-state index is 11.2. The summed E-state index contributed by atoms with van der Waals surface area (Å²) in [5.74, 6) is 11.1. The fourth-order valence-corrected chi connectivity index (χ4v) is 2.86. The fraction of sp³-hybridized carbons (Fsp3) is 0.720. The highest BCUT2D eigenvalue weighted by Crippen LogP contribution is 2.13. The van der Waals surface area contributed by atoms with Crippen LogP contribution >= 0.6 is 0 Å². The summed E-state index contributed by atoms with van der Waals surface area (Å²) < 4.78 is 5.13. The molecule has 28 heavy (non-hydrogen) atoms. The summed E-state index contributed by atoms with van der Waals surface area (Å²) in [6, 6.07) is 0. The van der Waals surface area contributed by atoms with Crippen LogP contribution in [0.2, 0.25) is 0 Å². The Bertz CT molecular complexity index is 525. The quantitative estimate of drug-likeness (QED) is 0.146. The summed E-state index contributed by atoms with van der Waals surface area (Å²) in [5.41, 5.74) is 0. The third kappa shape index (κ3) is 20.6. The summed E-state index contributed by atoms with van der Waals surface area (Å²) in [4.78, 5) is 11.2. The average molecular weight is 389 g/mol. The van der Waals surface area contributed by atoms with Crippen LogP contribution in [0.5, 0.6) is 0 Å². The number of carbonyl (C=O) groups is 1. The van der Waals surface area contributed by atoms with Gasteiger partial charge in [0.05, 0.1) is 0 Å². The zero-order chi connectivity index (χ0) is 20.7. The van der Waals surface area contributed by atoms with Crippen molar-refractivity contribution in [3.63, 3.8) is 0 Å². The molecule has 0 saturated heterocycles. The molecule has 1 N–H and O–H groups in total. The highest BCUT2D eigenvalue weighted by atomic mass is 16.5. The number of aliphatic hydroxyl groups excluding tert-OH is 1. The molecule has 0 rings (SSSR count). The fourth-order valence-electron chi connectivity index (χ4n) is 2.86. The van der Waals surface area contributed by atoms with Crippen molar-refractivity contribution < 1.29 is 14.6 Å². The molecule has 0 spiro atoms. The molecule has 3 nitrogen and oxygen atoms in total. The van der Waals surface area contributed by atoms with Gasteiger partial charge in [0, 0.05) is 20.0 Å². The Morgan fingerprint density at radius 3 is 1.96 bits per heavy atom. The van der Waals surface area contributed by atoms with E-state index in [4.69, 9.17) is 9.84 Å². The van der Waals surface area contributed by atoms with E-state index in [1.807, 2.05) is 6.08 Å². The summed E-state index contributed by atoms with van der Waals surface area (Å²) in [7, 11) is 0. The molecule has 0 aromatic rings. The summed E-state index contributed by atoms with van der Waals surface area (Å²) in [6.07, 6.45) is 19.9. The predicted octanol–water partition coefficient (Wildman–Crippen LogP) is 6.30. The molecule has 0 aliphatic carbocycles. The van der Waals surface area contributed by atoms with Gasteiger partial charge in [-0.05, 0) is 43.1 Å². The molecule has 0 radical (unpaired) electrons. The number of hydrogen-bond donors (Lipinski definition) is 1. The minimum Gasteiger partial charge on any atom is -0.418 e. The molecule has 0 bridgehead atoms. The van der Waals surface area contributed by atoms with Gasteiger partial charge in [0.15, 0.2) is 5.76 Å². The minimum absolute atomic E-state index is 0.139. The van der Waals surface area contributed by atoms with Crippen LogP contribution in [0.15, 0.2) is 11.8 Å². The molecule has 0 atom stereocenters. The second-order valence-corrected chi connectivity index (χ2v) is 7.22. The van der Waals surface area contributed by atoms with Gasteiger partial charge in [0.2, 0.25) is 0 Å². The molecular weight excluding hydrogens is 348 g/mol. The van der Waals surface area contributed by atoms with Gasteiger partial charge in [-0.15, -0.1) is 0 Å². The highest BCUT2D eigenvalue weighted by molar-refractivity contribution is 5.68. The largest absolute Gasteiger partial charge is 0.418 e. The van der Waals surface area contributed by atoms with E-state index in [1.54, 1.807) is 0 Å². The van der Waals surface area contributed by atoms with E-state index < -0.39 is 0 Å². The Hall–Kier alpha value is -1.71. The second-order valence-electron chi connectivity index (χ2n) is 7.22. The van der Waals surface area contributed by atoms with Crippen LogP contribution in [0.25, 0.3) is 0 Å². The van der Waals surface area contributed by atoms with E-state index in [0.29, 0.717) is 18.6 Å². The molecule has 0 saturated carbocycles. The van der Waals surface area contributed by atoms with Crippen LogP contribution < -0.4 is 0 Å². The summed E-state index contributed by atoms with van der Waals surface area (Å²) in [6.45, 7) is 3.78. The molecule has 0 unspecified atom stereocenters. The third-order valence-corrected chi connectivity index (χ3v) is 4.44. The van der Waals surface area contributed by atoms with Gasteiger partial charge in [-0.25, -0.2) is 0 Å². The molecule has 0 aliphatic heterocycles. The predicted molar refractivity (Wildman–Crippen MR) is 117 cm³/mol. The number of rotatable bonds is 16. The first kappa shape index (κ1) is 26.3. The molecular formula is C25H40O3. The van der Waals surface area contributed by atoms with E-state index in [2.05, 4.69) is 30.6 Å². The number of hydrogen-bond acceptors (Lipinski definition) is 3. The lowest BCUT2D eigenvalue weighted by Crippen LogP contribution is -1.97. The van der Waals surface area contributed by atoms with Crippen molar-refractivity contribution in [2.24, 2.45) is 0 Å². The van der Waals surface area contributed by atoms with Crippen molar-refractivity contribution in [1.29, 1.82) is 0 Å². The van der Waals surface area contributed by atoms with Crippen molar-refractivity contribution in [2.75, 3.05) is 6.61 Å². The highest BCUT2D eigenvalue weighted by Gasteiger charge is 1.98. The number of aliphatic hydroxyl groups is 1. The van der Waals surface area contributed by atoms with E-state index in [1.165, 1.54) is 77.6 Å². The van der Waals surface area contributed by atoms with Gasteiger partial charge >= 0.3 is 5.97 Å². The van der Waals surface area contributed by atoms with Gasteiger partial charge in [0.25, 0.3) is 0 Å². The van der Waals surface area contributed by atoms with Crippen molar-refractivity contribution in [3.05, 3.63) is 11.8 Å². The topological polar surface area (TPSA) is 46.5 Å². The summed E-state index contributed by atoms with van der Waals surface area (Å²) >= 11 is 0. The Labute approximate surface area is 173 Å². The maximum absolute atomic E-state index is 11.2. The Morgan fingerprint density at radius 1 is 0.857 bits per heavy atom. The van der Waals surface area contributed by atoms with Gasteiger partial charge in [0.1, 0.15) is 0 Å². The monoisotopic (exact) mass is 388 g/mol. The van der Waals surface area contributed by atoms with Crippen molar-refractivity contribution in [1.82, 2.24) is 0 Å². The lowest BCUT2D eigenvalue weighted by molar-refractivity contribution is -0.136. The van der Waals surface area contributed by atoms with E-state index in [0.717, 1.165) is 12.8 Å². The first-order valence-electron chi connectivity index (χ1n) is 11.2. The maximum Gasteiger partial charge on any atom is 0.308 e. The van der Waals surface area contributed by atoms with Crippen LogP contribution in [0, 0.1) is 23.7 Å². The second kappa shape index (κ2) is 21.6. The molecule has 0 amide bonds. The van der Waals surface area contributed by atoms with Crippen LogP contribution in [-0.4, -0.2) is 17.7 Å². The summed E-state index contributed by atoms with van der Waals surface area (Å²) in [5, 5.41) is 8.69. The lowest BCUT2D eigenvalue weighted by Gasteiger charge is -2.02. The van der Waals surface area contributed by atoms with Gasteiger partial charge in [-0.3, -0.25) is 4.79 Å². The van der Waals surface area contributed by atoms with Crippen LogP contribution in [0.3, 0.4) is 0 Å². The van der Waals surface area contributed by atoms with Crippen LogP contribution in [0.1, 0.15) is 110 Å². The zero-order valence-corrected chi connectivity index (χ0v) is 18.2. The molecule has 0 aliphatic rings. The molecule has 0 aromatic heterocycles. The Kier molecular flexibility index (Phi) is 20.3. The number of ether oxygens (including phenoxy) is 1. The SMILES string of the molecule is CCCCCCCCCCCCCC/C=C(/C#CC#CCCCO)OC(C)=O. The Morgan fingerprint density at radius 2 is 1.43 bits per heavy atom. The molecule has 3 heteroatoms. The number of carbonyl (C=O) groups excluding carboxylic acids is 1.